The van der Waals surface area contributed by atoms with Crippen LogP contribution in [0.15, 0.2) is 36.5 Å². The highest BCUT2D eigenvalue weighted by Crippen LogP contribution is 2.25. The maximum Gasteiger partial charge on any atom is 0.255 e. The highest BCUT2D eigenvalue weighted by Gasteiger charge is 2.08. The number of benzene rings is 1. The number of unbranched alkanes of at least 4 members (excludes halogenated alkanes) is 2. The molecule has 1 aromatic heterocycles. The molecule has 0 saturated heterocycles. The second kappa shape index (κ2) is 8.75. The van der Waals surface area contributed by atoms with Crippen LogP contribution >= 0.6 is 23.2 Å². The van der Waals surface area contributed by atoms with Crippen LogP contribution in [0.3, 0.4) is 0 Å². The predicted octanol–water partition coefficient (Wildman–Crippen LogP) is 5.24. The van der Waals surface area contributed by atoms with Gasteiger partial charge in [0.25, 0.3) is 5.91 Å². The lowest BCUT2D eigenvalue weighted by atomic mass is 10.2. The molecule has 1 heterocycles. The minimum absolute atomic E-state index is 0.220. The van der Waals surface area contributed by atoms with Crippen molar-refractivity contribution in [1.82, 2.24) is 4.98 Å². The van der Waals surface area contributed by atoms with Crippen LogP contribution in [-0.2, 0) is 0 Å². The number of halogens is 2. The second-order valence-electron chi connectivity index (χ2n) is 5.15. The first kappa shape index (κ1) is 17.6. The highest BCUT2D eigenvalue weighted by molar-refractivity contribution is 6.42. The van der Waals surface area contributed by atoms with Gasteiger partial charge in [0.15, 0.2) is 0 Å². The molecule has 0 aliphatic carbocycles. The molecule has 0 fully saturated rings. The van der Waals surface area contributed by atoms with E-state index < -0.39 is 0 Å². The SMILES string of the molecule is CCCCCNc1cc(C(=O)Nc2ccc(Cl)c(Cl)c2)ccn1. The fraction of sp³-hybridized carbons (Fsp3) is 0.294. The van der Waals surface area contributed by atoms with Crippen molar-refractivity contribution in [1.29, 1.82) is 0 Å². The highest BCUT2D eigenvalue weighted by atomic mass is 35.5. The van der Waals surface area contributed by atoms with E-state index in [4.69, 9.17) is 23.2 Å². The number of hydrogen-bond acceptors (Lipinski definition) is 3. The van der Waals surface area contributed by atoms with Crippen LogP contribution in [-0.4, -0.2) is 17.4 Å². The molecule has 0 spiro atoms. The van der Waals surface area contributed by atoms with Crippen molar-refractivity contribution in [3.05, 3.63) is 52.1 Å². The third-order valence-corrected chi connectivity index (χ3v) is 4.03. The Morgan fingerprint density at radius 1 is 1.13 bits per heavy atom. The van der Waals surface area contributed by atoms with Gasteiger partial charge in [-0.25, -0.2) is 4.98 Å². The molecule has 0 aliphatic rings. The Morgan fingerprint density at radius 3 is 2.70 bits per heavy atom. The van der Waals surface area contributed by atoms with E-state index >= 15 is 0 Å². The molecule has 0 saturated carbocycles. The van der Waals surface area contributed by atoms with Crippen molar-refractivity contribution < 1.29 is 4.79 Å². The Morgan fingerprint density at radius 2 is 1.96 bits per heavy atom. The zero-order chi connectivity index (χ0) is 16.7. The maximum atomic E-state index is 12.3. The molecule has 2 aromatic rings. The van der Waals surface area contributed by atoms with Gasteiger partial charge in [0.1, 0.15) is 5.82 Å². The zero-order valence-electron chi connectivity index (χ0n) is 12.9. The maximum absolute atomic E-state index is 12.3. The summed E-state index contributed by atoms with van der Waals surface area (Å²) in [6.45, 7) is 3.00. The molecule has 4 nitrogen and oxygen atoms in total. The van der Waals surface area contributed by atoms with Gasteiger partial charge in [0, 0.05) is 24.0 Å². The third-order valence-electron chi connectivity index (χ3n) is 3.29. The lowest BCUT2D eigenvalue weighted by Crippen LogP contribution is -2.13. The van der Waals surface area contributed by atoms with Gasteiger partial charge in [-0.2, -0.15) is 0 Å². The van der Waals surface area contributed by atoms with Crippen LogP contribution in [0.5, 0.6) is 0 Å². The van der Waals surface area contributed by atoms with Gasteiger partial charge < -0.3 is 10.6 Å². The standard InChI is InChI=1S/C17H19Cl2N3O/c1-2-3-4-8-20-16-10-12(7-9-21-16)17(23)22-13-5-6-14(18)15(19)11-13/h5-7,9-11H,2-4,8H2,1H3,(H,20,21)(H,22,23). The molecule has 1 amide bonds. The van der Waals surface area contributed by atoms with Crippen molar-refractivity contribution in [2.45, 2.75) is 26.2 Å². The van der Waals surface area contributed by atoms with Crippen LogP contribution in [0.2, 0.25) is 10.0 Å². The monoisotopic (exact) mass is 351 g/mol. The summed E-state index contributed by atoms with van der Waals surface area (Å²) in [5.41, 5.74) is 1.13. The van der Waals surface area contributed by atoms with E-state index in [2.05, 4.69) is 22.5 Å². The van der Waals surface area contributed by atoms with E-state index in [1.165, 1.54) is 12.8 Å². The van der Waals surface area contributed by atoms with Crippen LogP contribution in [0.25, 0.3) is 0 Å². The summed E-state index contributed by atoms with van der Waals surface area (Å²) in [5, 5.41) is 6.87. The van der Waals surface area contributed by atoms with E-state index in [0.29, 0.717) is 27.1 Å². The van der Waals surface area contributed by atoms with Crippen molar-refractivity contribution in [2.24, 2.45) is 0 Å². The summed E-state index contributed by atoms with van der Waals surface area (Å²) in [6, 6.07) is 8.37. The number of pyridine rings is 1. The number of aromatic nitrogens is 1. The molecule has 0 bridgehead atoms. The number of anilines is 2. The van der Waals surface area contributed by atoms with Crippen LogP contribution in [0.4, 0.5) is 11.5 Å². The Balaban J connectivity index is 2.00. The normalized spacial score (nSPS) is 10.4. The molecule has 0 unspecified atom stereocenters. The fourth-order valence-corrected chi connectivity index (χ4v) is 2.34. The number of nitrogens with one attached hydrogen (secondary N) is 2. The lowest BCUT2D eigenvalue weighted by molar-refractivity contribution is 0.102. The van der Waals surface area contributed by atoms with Crippen molar-refractivity contribution >= 4 is 40.6 Å². The smallest absolute Gasteiger partial charge is 0.255 e. The molecule has 122 valence electrons. The van der Waals surface area contributed by atoms with Gasteiger partial charge in [-0.1, -0.05) is 43.0 Å². The summed E-state index contributed by atoms with van der Waals surface area (Å²) >= 11 is 11.8. The Labute approximate surface area is 146 Å². The topological polar surface area (TPSA) is 54.0 Å². The van der Waals surface area contributed by atoms with Gasteiger partial charge in [-0.05, 0) is 36.8 Å². The second-order valence-corrected chi connectivity index (χ2v) is 5.96. The van der Waals surface area contributed by atoms with Crippen molar-refractivity contribution in [3.63, 3.8) is 0 Å². The Kier molecular flexibility index (Phi) is 6.68. The van der Waals surface area contributed by atoms with E-state index in [1.54, 1.807) is 36.5 Å². The molecule has 1 aromatic carbocycles. The average molecular weight is 352 g/mol. The molecule has 2 N–H and O–H groups in total. The number of amides is 1. The first-order valence-corrected chi connectivity index (χ1v) is 8.32. The van der Waals surface area contributed by atoms with Crippen LogP contribution < -0.4 is 10.6 Å². The molecular formula is C17H19Cl2N3O. The molecule has 23 heavy (non-hydrogen) atoms. The minimum Gasteiger partial charge on any atom is -0.370 e. The average Bonchev–Trinajstić information content (AvgIpc) is 2.55. The third kappa shape index (κ3) is 5.41. The van der Waals surface area contributed by atoms with Gasteiger partial charge in [-0.15, -0.1) is 0 Å². The molecule has 0 radical (unpaired) electrons. The predicted molar refractivity (Wildman–Crippen MR) is 96.7 cm³/mol. The summed E-state index contributed by atoms with van der Waals surface area (Å²) in [7, 11) is 0. The first-order valence-electron chi connectivity index (χ1n) is 7.56. The van der Waals surface area contributed by atoms with E-state index in [0.717, 1.165) is 13.0 Å². The number of nitrogens with zero attached hydrogens (tertiary/aromatic N) is 1. The molecular weight excluding hydrogens is 333 g/mol. The molecule has 2 rings (SSSR count). The van der Waals surface area contributed by atoms with Gasteiger partial charge in [0.05, 0.1) is 10.0 Å². The van der Waals surface area contributed by atoms with E-state index in [1.807, 2.05) is 0 Å². The van der Waals surface area contributed by atoms with Gasteiger partial charge >= 0.3 is 0 Å². The molecule has 0 atom stereocenters. The molecule has 0 aliphatic heterocycles. The minimum atomic E-state index is -0.220. The van der Waals surface area contributed by atoms with Crippen molar-refractivity contribution in [2.75, 3.05) is 17.2 Å². The summed E-state index contributed by atoms with van der Waals surface area (Å²) in [6.07, 6.45) is 5.04. The number of rotatable bonds is 7. The fourth-order valence-electron chi connectivity index (χ4n) is 2.04. The Bertz CT molecular complexity index is 677. The first-order chi connectivity index (χ1) is 11.1. The molecule has 6 heteroatoms. The van der Waals surface area contributed by atoms with Gasteiger partial charge in [-0.3, -0.25) is 4.79 Å². The number of hydrogen-bond donors (Lipinski definition) is 2. The number of carbonyl (C=O) groups is 1. The number of carbonyl (C=O) groups excluding carboxylic acids is 1. The summed E-state index contributed by atoms with van der Waals surface area (Å²) in [5.74, 6) is 0.477. The van der Waals surface area contributed by atoms with Crippen molar-refractivity contribution in [3.8, 4) is 0 Å². The van der Waals surface area contributed by atoms with E-state index in [9.17, 15) is 4.79 Å². The van der Waals surface area contributed by atoms with Gasteiger partial charge in [0.2, 0.25) is 0 Å². The Hall–Kier alpha value is -1.78. The largest absolute Gasteiger partial charge is 0.370 e. The van der Waals surface area contributed by atoms with E-state index in [-0.39, 0.29) is 5.91 Å². The van der Waals surface area contributed by atoms with Crippen LogP contribution in [0.1, 0.15) is 36.5 Å². The zero-order valence-corrected chi connectivity index (χ0v) is 14.4. The quantitative estimate of drug-likeness (QED) is 0.670. The lowest BCUT2D eigenvalue weighted by Gasteiger charge is -2.09. The summed E-state index contributed by atoms with van der Waals surface area (Å²) in [4.78, 5) is 16.5. The van der Waals surface area contributed by atoms with Crippen LogP contribution in [0, 0.1) is 0 Å². The summed E-state index contributed by atoms with van der Waals surface area (Å²) < 4.78 is 0.